The molecule has 4 nitrogen and oxygen atoms in total. The summed E-state index contributed by atoms with van der Waals surface area (Å²) in [5.41, 5.74) is 4.09. The number of aromatic nitrogens is 1. The number of carbonyl (C=O) groups is 1. The highest BCUT2D eigenvalue weighted by Gasteiger charge is 2.17. The molecular weight excluding hydrogens is 336 g/mol. The van der Waals surface area contributed by atoms with Gasteiger partial charge >= 0.3 is 0 Å². The summed E-state index contributed by atoms with van der Waals surface area (Å²) < 4.78 is 5.29. The first-order valence-corrected chi connectivity index (χ1v) is 8.80. The molecule has 0 unspecified atom stereocenters. The van der Waals surface area contributed by atoms with E-state index in [0.29, 0.717) is 37.7 Å². The highest BCUT2D eigenvalue weighted by atomic mass is 35.5. The zero-order valence-electron chi connectivity index (χ0n) is 13.8. The maximum absolute atomic E-state index is 12.3. The Labute approximate surface area is 151 Å². The van der Waals surface area contributed by atoms with Gasteiger partial charge in [0, 0.05) is 35.8 Å². The predicted molar refractivity (Wildman–Crippen MR) is 99.8 cm³/mol. The first-order chi connectivity index (χ1) is 12.2. The number of nitrogens with zero attached hydrogens (tertiary/aromatic N) is 1. The summed E-state index contributed by atoms with van der Waals surface area (Å²) in [7, 11) is 0. The molecule has 0 spiro atoms. The maximum atomic E-state index is 12.3. The van der Waals surface area contributed by atoms with Crippen LogP contribution in [0.25, 0.3) is 22.0 Å². The number of aromatic amines is 1. The Balaban J connectivity index is 1.52. The van der Waals surface area contributed by atoms with Crippen molar-refractivity contribution >= 4 is 28.4 Å². The highest BCUT2D eigenvalue weighted by molar-refractivity contribution is 6.34. The zero-order chi connectivity index (χ0) is 17.2. The van der Waals surface area contributed by atoms with E-state index in [1.807, 2.05) is 47.5 Å². The SMILES string of the molecule is O=C(Cc1ccc(-c2cc3cc[nH]c3cc2Cl)cc1)N1CCOCC1. The normalized spacial score (nSPS) is 14.8. The first-order valence-electron chi connectivity index (χ1n) is 8.42. The Bertz CT molecular complexity index is 896. The van der Waals surface area contributed by atoms with Gasteiger partial charge in [0.25, 0.3) is 0 Å². The molecule has 2 heterocycles. The molecular formula is C20H19ClN2O2. The third kappa shape index (κ3) is 3.41. The largest absolute Gasteiger partial charge is 0.378 e. The van der Waals surface area contributed by atoms with E-state index in [4.69, 9.17) is 16.3 Å². The molecule has 1 fully saturated rings. The number of benzene rings is 2. The van der Waals surface area contributed by atoms with E-state index in [9.17, 15) is 4.79 Å². The molecule has 2 aromatic carbocycles. The van der Waals surface area contributed by atoms with Crippen LogP contribution in [-0.2, 0) is 16.0 Å². The number of ether oxygens (including phenoxy) is 1. The molecule has 0 atom stereocenters. The molecule has 25 heavy (non-hydrogen) atoms. The number of carbonyl (C=O) groups excluding carboxylic acids is 1. The number of halogens is 1. The van der Waals surface area contributed by atoms with Crippen LogP contribution >= 0.6 is 11.6 Å². The van der Waals surface area contributed by atoms with Crippen molar-refractivity contribution in [2.75, 3.05) is 26.3 Å². The van der Waals surface area contributed by atoms with Gasteiger partial charge in [0.15, 0.2) is 0 Å². The van der Waals surface area contributed by atoms with Gasteiger partial charge in [-0.15, -0.1) is 0 Å². The minimum Gasteiger partial charge on any atom is -0.378 e. The monoisotopic (exact) mass is 354 g/mol. The molecule has 1 N–H and O–H groups in total. The molecule has 0 aliphatic carbocycles. The lowest BCUT2D eigenvalue weighted by Crippen LogP contribution is -2.41. The number of nitrogens with one attached hydrogen (secondary N) is 1. The Kier molecular flexibility index (Phi) is 4.47. The van der Waals surface area contributed by atoms with Gasteiger partial charge in [-0.1, -0.05) is 35.9 Å². The van der Waals surface area contributed by atoms with Crippen LogP contribution in [0.5, 0.6) is 0 Å². The van der Waals surface area contributed by atoms with Gasteiger partial charge < -0.3 is 14.6 Å². The van der Waals surface area contributed by atoms with Crippen molar-refractivity contribution < 1.29 is 9.53 Å². The molecule has 1 aliphatic rings. The van der Waals surface area contributed by atoms with Crippen LogP contribution in [0, 0.1) is 0 Å². The summed E-state index contributed by atoms with van der Waals surface area (Å²) in [6.07, 6.45) is 2.33. The molecule has 1 aliphatic heterocycles. The first kappa shape index (κ1) is 16.2. The molecule has 0 radical (unpaired) electrons. The highest BCUT2D eigenvalue weighted by Crippen LogP contribution is 2.32. The van der Waals surface area contributed by atoms with Gasteiger partial charge in [0.2, 0.25) is 5.91 Å². The van der Waals surface area contributed by atoms with Crippen molar-refractivity contribution in [1.82, 2.24) is 9.88 Å². The number of fused-ring (bicyclic) bond motifs is 1. The molecule has 1 saturated heterocycles. The second-order valence-corrected chi connectivity index (χ2v) is 6.67. The van der Waals surface area contributed by atoms with Gasteiger partial charge in [-0.3, -0.25) is 4.79 Å². The Morgan fingerprint density at radius 2 is 1.88 bits per heavy atom. The van der Waals surface area contributed by atoms with Crippen LogP contribution in [0.2, 0.25) is 5.02 Å². The van der Waals surface area contributed by atoms with Crippen molar-refractivity contribution in [3.05, 3.63) is 59.2 Å². The number of hydrogen-bond acceptors (Lipinski definition) is 2. The fourth-order valence-electron chi connectivity index (χ4n) is 3.20. The van der Waals surface area contributed by atoms with Gasteiger partial charge in [-0.05, 0) is 29.3 Å². The van der Waals surface area contributed by atoms with Gasteiger partial charge in [0.05, 0.1) is 24.7 Å². The molecule has 1 amide bonds. The number of morpholine rings is 1. The van der Waals surface area contributed by atoms with Crippen molar-refractivity contribution in [1.29, 1.82) is 0 Å². The summed E-state index contributed by atoms with van der Waals surface area (Å²) in [6, 6.07) is 14.1. The second-order valence-electron chi connectivity index (χ2n) is 6.26. The lowest BCUT2D eigenvalue weighted by Gasteiger charge is -2.26. The average molecular weight is 355 g/mol. The van der Waals surface area contributed by atoms with Crippen LogP contribution in [0.1, 0.15) is 5.56 Å². The molecule has 5 heteroatoms. The lowest BCUT2D eigenvalue weighted by molar-refractivity contribution is -0.134. The van der Waals surface area contributed by atoms with Crippen LogP contribution in [0.3, 0.4) is 0 Å². The van der Waals surface area contributed by atoms with Gasteiger partial charge in [-0.2, -0.15) is 0 Å². The van der Waals surface area contributed by atoms with E-state index < -0.39 is 0 Å². The van der Waals surface area contributed by atoms with Gasteiger partial charge in [-0.25, -0.2) is 0 Å². The molecule has 128 valence electrons. The summed E-state index contributed by atoms with van der Waals surface area (Å²) in [5.74, 6) is 0.155. The zero-order valence-corrected chi connectivity index (χ0v) is 14.6. The molecule has 3 aromatic rings. The average Bonchev–Trinajstić information content (AvgIpc) is 3.09. The van der Waals surface area contributed by atoms with E-state index in [-0.39, 0.29) is 5.91 Å². The quantitative estimate of drug-likeness (QED) is 0.775. The van der Waals surface area contributed by atoms with Crippen molar-refractivity contribution in [3.63, 3.8) is 0 Å². The molecule has 0 saturated carbocycles. The second kappa shape index (κ2) is 6.90. The van der Waals surface area contributed by atoms with Crippen molar-refractivity contribution in [2.24, 2.45) is 0 Å². The van der Waals surface area contributed by atoms with E-state index in [0.717, 1.165) is 27.6 Å². The fraction of sp³-hybridized carbons (Fsp3) is 0.250. The Morgan fingerprint density at radius 1 is 1.12 bits per heavy atom. The lowest BCUT2D eigenvalue weighted by atomic mass is 10.0. The topological polar surface area (TPSA) is 45.3 Å². The molecule has 4 rings (SSSR count). The van der Waals surface area contributed by atoms with E-state index in [2.05, 4.69) is 11.1 Å². The smallest absolute Gasteiger partial charge is 0.227 e. The predicted octanol–water partition coefficient (Wildman–Crippen LogP) is 3.89. The van der Waals surface area contributed by atoms with Gasteiger partial charge in [0.1, 0.15) is 0 Å². The van der Waals surface area contributed by atoms with Crippen LogP contribution in [0.4, 0.5) is 0 Å². The minimum atomic E-state index is 0.155. The van der Waals surface area contributed by atoms with E-state index >= 15 is 0 Å². The number of amides is 1. The van der Waals surface area contributed by atoms with E-state index in [1.54, 1.807) is 0 Å². The summed E-state index contributed by atoms with van der Waals surface area (Å²) in [6.45, 7) is 2.63. The van der Waals surface area contributed by atoms with Crippen LogP contribution in [-0.4, -0.2) is 42.1 Å². The number of H-pyrrole nitrogens is 1. The number of rotatable bonds is 3. The van der Waals surface area contributed by atoms with Crippen LogP contribution < -0.4 is 0 Å². The number of hydrogen-bond donors (Lipinski definition) is 1. The fourth-order valence-corrected chi connectivity index (χ4v) is 3.47. The van der Waals surface area contributed by atoms with Crippen LogP contribution in [0.15, 0.2) is 48.7 Å². The van der Waals surface area contributed by atoms with Crippen molar-refractivity contribution in [2.45, 2.75) is 6.42 Å². The summed E-state index contributed by atoms with van der Waals surface area (Å²) >= 11 is 6.43. The Morgan fingerprint density at radius 3 is 2.64 bits per heavy atom. The summed E-state index contributed by atoms with van der Waals surface area (Å²) in [4.78, 5) is 17.4. The molecule has 0 bridgehead atoms. The minimum absolute atomic E-state index is 0.155. The van der Waals surface area contributed by atoms with Crippen molar-refractivity contribution in [3.8, 4) is 11.1 Å². The molecule has 1 aromatic heterocycles. The standard InChI is InChI=1S/C20H19ClN2O2/c21-18-13-19-16(5-6-22-19)12-17(18)15-3-1-14(2-4-15)11-20(24)23-7-9-25-10-8-23/h1-6,12-13,22H,7-11H2. The van der Waals surface area contributed by atoms with E-state index in [1.165, 1.54) is 0 Å². The third-order valence-corrected chi connectivity index (χ3v) is 4.94. The third-order valence-electron chi connectivity index (χ3n) is 4.63. The summed E-state index contributed by atoms with van der Waals surface area (Å²) in [5, 5.41) is 1.85. The Hall–Kier alpha value is -2.30. The maximum Gasteiger partial charge on any atom is 0.227 e.